The smallest absolute Gasteiger partial charge is 0.0924 e. The normalized spacial score (nSPS) is 26.2. The number of halogens is 1. The number of hydrogen-bond donors (Lipinski definition) is 1. The van der Waals surface area contributed by atoms with Crippen molar-refractivity contribution in [3.8, 4) is 0 Å². The van der Waals surface area contributed by atoms with Gasteiger partial charge in [-0.25, -0.2) is 0 Å². The second-order valence-electron chi connectivity index (χ2n) is 5.50. The number of thiophene rings is 1. The third kappa shape index (κ3) is 3.49. The fourth-order valence-electron chi connectivity index (χ4n) is 3.02. The Morgan fingerprint density at radius 1 is 1.39 bits per heavy atom. The van der Waals surface area contributed by atoms with Gasteiger partial charge in [-0.15, -0.1) is 11.3 Å². The van der Waals surface area contributed by atoms with Crippen LogP contribution in [0.15, 0.2) is 11.4 Å². The van der Waals surface area contributed by atoms with Crippen LogP contribution in [0.2, 0.25) is 5.02 Å². The van der Waals surface area contributed by atoms with Crippen molar-refractivity contribution in [3.05, 3.63) is 21.3 Å². The summed E-state index contributed by atoms with van der Waals surface area (Å²) in [6.45, 7) is 2.26. The second kappa shape index (κ2) is 6.93. The predicted octanol–water partition coefficient (Wildman–Crippen LogP) is 5.43. The molecule has 1 aromatic heterocycles. The highest BCUT2D eigenvalue weighted by molar-refractivity contribution is 7.10. The molecule has 0 amide bonds. The molecular weight excluding hydrogens is 264 g/mol. The minimum atomic E-state index is -0.343. The van der Waals surface area contributed by atoms with Crippen molar-refractivity contribution in [3.63, 3.8) is 0 Å². The lowest BCUT2D eigenvalue weighted by Crippen LogP contribution is -2.20. The Morgan fingerprint density at radius 2 is 2.11 bits per heavy atom. The summed E-state index contributed by atoms with van der Waals surface area (Å²) < 4.78 is 0. The van der Waals surface area contributed by atoms with Gasteiger partial charge >= 0.3 is 0 Å². The van der Waals surface area contributed by atoms with Crippen molar-refractivity contribution in [1.82, 2.24) is 0 Å². The predicted molar refractivity (Wildman–Crippen MR) is 79.3 cm³/mol. The summed E-state index contributed by atoms with van der Waals surface area (Å²) in [6.07, 6.45) is 8.56. The number of hydrogen-bond acceptors (Lipinski definition) is 2. The summed E-state index contributed by atoms with van der Waals surface area (Å²) in [5, 5.41) is 13.1. The van der Waals surface area contributed by atoms with Crippen LogP contribution in [0.25, 0.3) is 0 Å². The molecule has 0 aliphatic heterocycles. The molecule has 0 spiro atoms. The molecule has 1 aliphatic rings. The quantitative estimate of drug-likeness (QED) is 0.765. The van der Waals surface area contributed by atoms with Crippen molar-refractivity contribution in [2.45, 2.75) is 58.0 Å². The maximum Gasteiger partial charge on any atom is 0.0924 e. The third-order valence-electron chi connectivity index (χ3n) is 4.22. The second-order valence-corrected chi connectivity index (χ2v) is 6.86. The van der Waals surface area contributed by atoms with Gasteiger partial charge in [0.05, 0.1) is 16.0 Å². The van der Waals surface area contributed by atoms with Crippen molar-refractivity contribution in [2.24, 2.45) is 11.8 Å². The van der Waals surface area contributed by atoms with Gasteiger partial charge in [0.1, 0.15) is 0 Å². The van der Waals surface area contributed by atoms with Crippen LogP contribution in [-0.2, 0) is 0 Å². The van der Waals surface area contributed by atoms with Gasteiger partial charge in [0.25, 0.3) is 0 Å². The van der Waals surface area contributed by atoms with E-state index in [1.165, 1.54) is 32.1 Å². The molecular formula is C15H23ClOS. The van der Waals surface area contributed by atoms with Gasteiger partial charge in [-0.1, -0.05) is 50.6 Å². The summed E-state index contributed by atoms with van der Waals surface area (Å²) in [6, 6.07) is 1.89. The number of aliphatic hydroxyl groups is 1. The minimum Gasteiger partial charge on any atom is -0.387 e. The van der Waals surface area contributed by atoms with Crippen LogP contribution in [0.5, 0.6) is 0 Å². The first-order valence-electron chi connectivity index (χ1n) is 7.13. The van der Waals surface area contributed by atoms with Crippen LogP contribution in [-0.4, -0.2) is 5.11 Å². The molecule has 18 heavy (non-hydrogen) atoms. The summed E-state index contributed by atoms with van der Waals surface area (Å²) in [7, 11) is 0. The first-order valence-corrected chi connectivity index (χ1v) is 8.39. The van der Waals surface area contributed by atoms with Crippen LogP contribution in [0.4, 0.5) is 0 Å². The zero-order valence-corrected chi connectivity index (χ0v) is 12.6. The van der Waals surface area contributed by atoms with E-state index in [0.717, 1.165) is 28.7 Å². The van der Waals surface area contributed by atoms with Crippen LogP contribution in [0.3, 0.4) is 0 Å². The van der Waals surface area contributed by atoms with E-state index in [2.05, 4.69) is 6.92 Å². The fraction of sp³-hybridized carbons (Fsp3) is 0.733. The molecule has 1 aromatic rings. The van der Waals surface area contributed by atoms with E-state index < -0.39 is 0 Å². The summed E-state index contributed by atoms with van der Waals surface area (Å²) in [5.41, 5.74) is 0. The molecule has 1 N–H and O–H groups in total. The first-order chi connectivity index (χ1) is 8.72. The Balaban J connectivity index is 1.84. The number of rotatable bonds is 5. The van der Waals surface area contributed by atoms with Gasteiger partial charge in [0, 0.05) is 0 Å². The van der Waals surface area contributed by atoms with Gasteiger partial charge in [-0.2, -0.15) is 0 Å². The molecule has 1 unspecified atom stereocenters. The molecule has 1 fully saturated rings. The van der Waals surface area contributed by atoms with Gasteiger partial charge in [0.2, 0.25) is 0 Å². The minimum absolute atomic E-state index is 0.343. The largest absolute Gasteiger partial charge is 0.387 e. The summed E-state index contributed by atoms with van der Waals surface area (Å²) in [4.78, 5) is 0.966. The molecule has 2 rings (SSSR count). The molecule has 0 saturated heterocycles. The summed E-state index contributed by atoms with van der Waals surface area (Å²) in [5.74, 6) is 1.31. The monoisotopic (exact) mass is 286 g/mol. The van der Waals surface area contributed by atoms with Gasteiger partial charge in [0.15, 0.2) is 0 Å². The van der Waals surface area contributed by atoms with E-state index in [1.807, 2.05) is 11.4 Å². The molecule has 0 bridgehead atoms. The van der Waals surface area contributed by atoms with E-state index in [1.54, 1.807) is 11.3 Å². The molecule has 0 radical (unpaired) electrons. The van der Waals surface area contributed by atoms with Crippen molar-refractivity contribution in [1.29, 1.82) is 0 Å². The van der Waals surface area contributed by atoms with Crippen molar-refractivity contribution < 1.29 is 5.11 Å². The lowest BCUT2D eigenvalue weighted by molar-refractivity contribution is 0.0748. The van der Waals surface area contributed by atoms with Gasteiger partial charge in [-0.05, 0) is 36.1 Å². The molecule has 3 heteroatoms. The Morgan fingerprint density at radius 3 is 2.67 bits per heavy atom. The van der Waals surface area contributed by atoms with E-state index in [9.17, 15) is 5.11 Å². The highest BCUT2D eigenvalue weighted by Gasteiger charge is 2.28. The zero-order chi connectivity index (χ0) is 13.0. The van der Waals surface area contributed by atoms with Crippen LogP contribution in [0.1, 0.15) is 62.9 Å². The third-order valence-corrected chi connectivity index (χ3v) is 5.65. The highest BCUT2D eigenvalue weighted by atomic mass is 35.5. The van der Waals surface area contributed by atoms with Crippen molar-refractivity contribution in [2.75, 3.05) is 0 Å². The van der Waals surface area contributed by atoms with Crippen LogP contribution >= 0.6 is 22.9 Å². The molecule has 102 valence electrons. The van der Waals surface area contributed by atoms with E-state index in [0.29, 0.717) is 5.92 Å². The Bertz CT molecular complexity index is 355. The van der Waals surface area contributed by atoms with Crippen LogP contribution < -0.4 is 0 Å². The van der Waals surface area contributed by atoms with Crippen LogP contribution in [0, 0.1) is 11.8 Å². The van der Waals surface area contributed by atoms with Crippen molar-refractivity contribution >= 4 is 22.9 Å². The molecule has 1 saturated carbocycles. The van der Waals surface area contributed by atoms with E-state index in [4.69, 9.17) is 11.6 Å². The lowest BCUT2D eigenvalue weighted by atomic mass is 9.77. The molecule has 1 heterocycles. The SMILES string of the molecule is CCCCC1CCC(C(O)c2sccc2Cl)CC1. The lowest BCUT2D eigenvalue weighted by Gasteiger charge is -2.31. The molecule has 0 aromatic carbocycles. The highest BCUT2D eigenvalue weighted by Crippen LogP contribution is 2.41. The number of aliphatic hydroxyl groups excluding tert-OH is 1. The zero-order valence-electron chi connectivity index (χ0n) is 11.1. The van der Waals surface area contributed by atoms with Gasteiger partial charge < -0.3 is 5.11 Å². The Hall–Kier alpha value is -0.0500. The summed E-state index contributed by atoms with van der Waals surface area (Å²) >= 11 is 7.69. The molecule has 1 nitrogen and oxygen atoms in total. The Labute approximate surface area is 119 Å². The van der Waals surface area contributed by atoms with E-state index in [-0.39, 0.29) is 6.10 Å². The first kappa shape index (κ1) is 14.4. The fourth-order valence-corrected chi connectivity index (χ4v) is 4.26. The molecule has 1 aliphatic carbocycles. The topological polar surface area (TPSA) is 20.2 Å². The number of unbranched alkanes of at least 4 members (excludes halogenated alkanes) is 1. The van der Waals surface area contributed by atoms with E-state index >= 15 is 0 Å². The Kier molecular flexibility index (Phi) is 5.53. The maximum absolute atomic E-state index is 10.4. The average Bonchev–Trinajstić information content (AvgIpc) is 2.82. The standard InChI is InChI=1S/C15H23ClOS/c1-2-3-4-11-5-7-12(8-6-11)14(17)15-13(16)9-10-18-15/h9-12,14,17H,2-8H2,1H3. The average molecular weight is 287 g/mol. The maximum atomic E-state index is 10.4. The van der Waals surface area contributed by atoms with Gasteiger partial charge in [-0.3, -0.25) is 0 Å². The molecule has 1 atom stereocenters.